The number of nitrogens with one attached hydrogen (secondary N) is 1. The highest BCUT2D eigenvalue weighted by Gasteiger charge is 2.09. The van der Waals surface area contributed by atoms with Crippen molar-refractivity contribution in [2.24, 2.45) is 0 Å². The number of hydrogen-bond acceptors (Lipinski definition) is 3. The maximum atomic E-state index is 12.3. The van der Waals surface area contributed by atoms with Gasteiger partial charge in [0.2, 0.25) is 0 Å². The molecule has 0 radical (unpaired) electrons. The van der Waals surface area contributed by atoms with Crippen LogP contribution in [0.25, 0.3) is 0 Å². The average Bonchev–Trinajstić information content (AvgIpc) is 2.69. The first kappa shape index (κ1) is 18.5. The minimum atomic E-state index is -0.243. The van der Waals surface area contributed by atoms with E-state index in [0.29, 0.717) is 28.9 Å². The van der Waals surface area contributed by atoms with E-state index in [0.717, 1.165) is 0 Å². The van der Waals surface area contributed by atoms with Crippen molar-refractivity contribution in [3.05, 3.63) is 84.4 Å². The highest BCUT2D eigenvalue weighted by atomic mass is 16.5. The Kier molecular flexibility index (Phi) is 6.10. The molecule has 0 aliphatic heterocycles. The van der Waals surface area contributed by atoms with Gasteiger partial charge in [0.1, 0.15) is 11.5 Å². The predicted octanol–water partition coefficient (Wildman–Crippen LogP) is 5.62. The summed E-state index contributed by atoms with van der Waals surface area (Å²) >= 11 is 0. The Balaban J connectivity index is 1.59. The molecule has 1 amide bonds. The van der Waals surface area contributed by atoms with Gasteiger partial charge in [-0.05, 0) is 47.9 Å². The maximum Gasteiger partial charge on any atom is 0.262 e. The number of benzene rings is 3. The van der Waals surface area contributed by atoms with Gasteiger partial charge < -0.3 is 14.8 Å². The van der Waals surface area contributed by atoms with E-state index in [4.69, 9.17) is 9.47 Å². The van der Waals surface area contributed by atoms with Crippen LogP contribution < -0.4 is 14.8 Å². The largest absolute Gasteiger partial charge is 0.484 e. The first-order chi connectivity index (χ1) is 13.1. The van der Waals surface area contributed by atoms with E-state index >= 15 is 0 Å². The van der Waals surface area contributed by atoms with Gasteiger partial charge in [0, 0.05) is 0 Å². The average molecular weight is 361 g/mol. The molecule has 0 aliphatic carbocycles. The second-order valence-corrected chi connectivity index (χ2v) is 6.47. The summed E-state index contributed by atoms with van der Waals surface area (Å²) in [6, 6.07) is 24.6. The lowest BCUT2D eigenvalue weighted by Gasteiger charge is -2.13. The number of hydrogen-bond donors (Lipinski definition) is 1. The third kappa shape index (κ3) is 5.35. The van der Waals surface area contributed by atoms with Gasteiger partial charge in [-0.3, -0.25) is 4.79 Å². The molecule has 0 saturated carbocycles. The van der Waals surface area contributed by atoms with E-state index in [1.54, 1.807) is 6.07 Å². The minimum Gasteiger partial charge on any atom is -0.484 e. The van der Waals surface area contributed by atoms with Crippen LogP contribution in [0.2, 0.25) is 0 Å². The van der Waals surface area contributed by atoms with E-state index in [1.807, 2.05) is 72.8 Å². The van der Waals surface area contributed by atoms with Crippen molar-refractivity contribution in [1.82, 2.24) is 0 Å². The number of amides is 1. The molecule has 3 rings (SSSR count). The molecule has 1 N–H and O–H groups in total. The topological polar surface area (TPSA) is 47.6 Å². The quantitative estimate of drug-likeness (QED) is 0.594. The minimum absolute atomic E-state index is 0.0688. The molecule has 0 aromatic heterocycles. The van der Waals surface area contributed by atoms with E-state index < -0.39 is 0 Å². The molecule has 0 spiro atoms. The number of ether oxygens (including phenoxy) is 2. The molecule has 138 valence electrons. The summed E-state index contributed by atoms with van der Waals surface area (Å²) in [4.78, 5) is 12.3. The van der Waals surface area contributed by atoms with Crippen LogP contribution in [0.4, 0.5) is 5.69 Å². The molecule has 0 saturated heterocycles. The molecular formula is C23H23NO3. The summed E-state index contributed by atoms with van der Waals surface area (Å²) < 4.78 is 11.4. The number of carbonyl (C=O) groups is 1. The molecule has 0 unspecified atom stereocenters. The third-order valence-electron chi connectivity index (χ3n) is 4.05. The molecule has 3 aromatic carbocycles. The van der Waals surface area contributed by atoms with E-state index in [2.05, 4.69) is 19.2 Å². The summed E-state index contributed by atoms with van der Waals surface area (Å²) in [5.74, 6) is 2.18. The molecule has 4 heteroatoms. The van der Waals surface area contributed by atoms with Gasteiger partial charge >= 0.3 is 0 Å². The number of para-hydroxylation sites is 3. The van der Waals surface area contributed by atoms with Gasteiger partial charge in [0.05, 0.1) is 5.69 Å². The monoisotopic (exact) mass is 361 g/mol. The second kappa shape index (κ2) is 8.90. The maximum absolute atomic E-state index is 12.3. The fourth-order valence-corrected chi connectivity index (χ4v) is 2.56. The molecule has 0 bridgehead atoms. The zero-order valence-electron chi connectivity index (χ0n) is 15.5. The second-order valence-electron chi connectivity index (χ2n) is 6.47. The van der Waals surface area contributed by atoms with Gasteiger partial charge in [-0.25, -0.2) is 0 Å². The van der Waals surface area contributed by atoms with E-state index in [-0.39, 0.29) is 12.5 Å². The summed E-state index contributed by atoms with van der Waals surface area (Å²) in [6.07, 6.45) is 0. The lowest BCUT2D eigenvalue weighted by Crippen LogP contribution is -2.20. The zero-order chi connectivity index (χ0) is 19.1. The SMILES string of the molecule is CC(C)c1ccc(OCC(=O)Nc2ccccc2Oc2ccccc2)cc1. The lowest BCUT2D eigenvalue weighted by atomic mass is 10.0. The highest BCUT2D eigenvalue weighted by molar-refractivity contribution is 5.93. The van der Waals surface area contributed by atoms with Gasteiger partial charge in [-0.15, -0.1) is 0 Å². The van der Waals surface area contributed by atoms with Gasteiger partial charge in [-0.1, -0.05) is 56.3 Å². The first-order valence-corrected chi connectivity index (χ1v) is 8.96. The lowest BCUT2D eigenvalue weighted by molar-refractivity contribution is -0.118. The Labute approximate surface area is 159 Å². The molecule has 4 nitrogen and oxygen atoms in total. The van der Waals surface area contributed by atoms with Crippen LogP contribution in [0.5, 0.6) is 17.2 Å². The smallest absolute Gasteiger partial charge is 0.262 e. The van der Waals surface area contributed by atoms with Crippen LogP contribution in [-0.4, -0.2) is 12.5 Å². The molecule has 0 heterocycles. The van der Waals surface area contributed by atoms with Gasteiger partial charge in [0.25, 0.3) is 5.91 Å². The first-order valence-electron chi connectivity index (χ1n) is 8.96. The van der Waals surface area contributed by atoms with Gasteiger partial charge in [0.15, 0.2) is 12.4 Å². The van der Waals surface area contributed by atoms with Crippen LogP contribution in [0.3, 0.4) is 0 Å². The van der Waals surface area contributed by atoms with Crippen molar-refractivity contribution in [3.63, 3.8) is 0 Å². The van der Waals surface area contributed by atoms with Crippen molar-refractivity contribution >= 4 is 11.6 Å². The highest BCUT2D eigenvalue weighted by Crippen LogP contribution is 2.29. The predicted molar refractivity (Wildman–Crippen MR) is 108 cm³/mol. The Morgan fingerprint density at radius 2 is 1.52 bits per heavy atom. The molecule has 3 aromatic rings. The van der Waals surface area contributed by atoms with Crippen LogP contribution >= 0.6 is 0 Å². The normalized spacial score (nSPS) is 10.5. The molecule has 27 heavy (non-hydrogen) atoms. The van der Waals surface area contributed by atoms with Crippen LogP contribution in [0, 0.1) is 0 Å². The zero-order valence-corrected chi connectivity index (χ0v) is 15.5. The summed E-state index contributed by atoms with van der Waals surface area (Å²) in [6.45, 7) is 4.21. The Morgan fingerprint density at radius 1 is 0.852 bits per heavy atom. The molecule has 0 aliphatic rings. The van der Waals surface area contributed by atoms with E-state index in [1.165, 1.54) is 5.56 Å². The Morgan fingerprint density at radius 3 is 2.22 bits per heavy atom. The number of anilines is 1. The fraction of sp³-hybridized carbons (Fsp3) is 0.174. The van der Waals surface area contributed by atoms with Crippen molar-refractivity contribution in [2.45, 2.75) is 19.8 Å². The van der Waals surface area contributed by atoms with Crippen molar-refractivity contribution in [1.29, 1.82) is 0 Å². The van der Waals surface area contributed by atoms with E-state index in [9.17, 15) is 4.79 Å². The van der Waals surface area contributed by atoms with Gasteiger partial charge in [-0.2, -0.15) is 0 Å². The van der Waals surface area contributed by atoms with Crippen molar-refractivity contribution < 1.29 is 14.3 Å². The Bertz CT molecular complexity index is 874. The Hall–Kier alpha value is -3.27. The summed E-state index contributed by atoms with van der Waals surface area (Å²) in [5.41, 5.74) is 1.84. The molecule has 0 atom stereocenters. The fourth-order valence-electron chi connectivity index (χ4n) is 2.56. The number of rotatable bonds is 7. The third-order valence-corrected chi connectivity index (χ3v) is 4.05. The van der Waals surface area contributed by atoms with Crippen LogP contribution in [-0.2, 0) is 4.79 Å². The standard InChI is InChI=1S/C23H23NO3/c1-17(2)18-12-14-19(15-13-18)26-16-23(25)24-21-10-6-7-11-22(21)27-20-8-4-3-5-9-20/h3-15,17H,16H2,1-2H3,(H,24,25). The summed E-state index contributed by atoms with van der Waals surface area (Å²) in [5, 5.41) is 2.84. The van der Waals surface area contributed by atoms with Crippen molar-refractivity contribution in [3.8, 4) is 17.2 Å². The molecule has 0 fully saturated rings. The van der Waals surface area contributed by atoms with Crippen LogP contribution in [0.15, 0.2) is 78.9 Å². The number of carbonyl (C=O) groups excluding carboxylic acids is 1. The summed E-state index contributed by atoms with van der Waals surface area (Å²) in [7, 11) is 0. The van der Waals surface area contributed by atoms with Crippen LogP contribution in [0.1, 0.15) is 25.3 Å². The molecular weight excluding hydrogens is 338 g/mol. The van der Waals surface area contributed by atoms with Crippen molar-refractivity contribution in [2.75, 3.05) is 11.9 Å².